The van der Waals surface area contributed by atoms with Crippen LogP contribution in [0, 0.1) is 11.3 Å². The molecule has 0 spiro atoms. The van der Waals surface area contributed by atoms with E-state index in [2.05, 4.69) is 13.8 Å². The molecular weight excluding hydrogens is 238 g/mol. The van der Waals surface area contributed by atoms with E-state index in [0.717, 1.165) is 16.5 Å². The van der Waals surface area contributed by atoms with Crippen LogP contribution in [0.1, 0.15) is 41.0 Å². The molecule has 1 rings (SSSR count). The van der Waals surface area contributed by atoms with Gasteiger partial charge in [-0.2, -0.15) is 0 Å². The van der Waals surface area contributed by atoms with Gasteiger partial charge in [0, 0.05) is 17.2 Å². The van der Waals surface area contributed by atoms with E-state index >= 15 is 0 Å². The van der Waals surface area contributed by atoms with E-state index in [9.17, 15) is 4.79 Å². The zero-order chi connectivity index (χ0) is 12.5. The van der Waals surface area contributed by atoms with Crippen molar-refractivity contribution in [1.29, 1.82) is 0 Å². The summed E-state index contributed by atoms with van der Waals surface area (Å²) in [5, 5.41) is 0. The number of carbonyl (C=O) groups excluding carboxylic acids is 1. The number of rotatable bonds is 2. The Morgan fingerprint density at radius 2 is 2.12 bits per heavy atom. The van der Waals surface area contributed by atoms with Crippen molar-refractivity contribution in [3.8, 4) is 0 Å². The summed E-state index contributed by atoms with van der Waals surface area (Å²) in [6.45, 7) is 10.2. The molecule has 1 aliphatic heterocycles. The fraction of sp³-hybridized carbons (Fsp3) is 0.833. The third kappa shape index (κ3) is 3.20. The van der Waals surface area contributed by atoms with Crippen molar-refractivity contribution < 1.29 is 4.79 Å². The van der Waals surface area contributed by atoms with E-state index in [0.29, 0.717) is 12.0 Å². The van der Waals surface area contributed by atoms with Gasteiger partial charge in [-0.15, -0.1) is 0 Å². The van der Waals surface area contributed by atoms with Gasteiger partial charge in [-0.3, -0.25) is 9.69 Å². The van der Waals surface area contributed by atoms with Crippen LogP contribution in [-0.4, -0.2) is 26.9 Å². The second kappa shape index (κ2) is 5.05. The van der Waals surface area contributed by atoms with E-state index < -0.39 is 0 Å². The average Bonchev–Trinajstić information content (AvgIpc) is 2.43. The van der Waals surface area contributed by atoms with Gasteiger partial charge in [0.1, 0.15) is 4.32 Å². The quantitative estimate of drug-likeness (QED) is 0.710. The lowest BCUT2D eigenvalue weighted by molar-refractivity contribution is -0.136. The summed E-state index contributed by atoms with van der Waals surface area (Å²) in [5.74, 6) is 1.72. The van der Waals surface area contributed by atoms with Gasteiger partial charge in [0.25, 0.3) is 0 Å². The Bertz CT molecular complexity index is 294. The lowest BCUT2D eigenvalue weighted by Crippen LogP contribution is -2.45. The fourth-order valence-electron chi connectivity index (χ4n) is 1.79. The zero-order valence-corrected chi connectivity index (χ0v) is 12.4. The van der Waals surface area contributed by atoms with Crippen molar-refractivity contribution in [1.82, 2.24) is 4.90 Å². The zero-order valence-electron chi connectivity index (χ0n) is 10.7. The van der Waals surface area contributed by atoms with Crippen LogP contribution in [0.25, 0.3) is 0 Å². The van der Waals surface area contributed by atoms with Crippen LogP contribution >= 0.6 is 24.0 Å². The van der Waals surface area contributed by atoms with E-state index in [-0.39, 0.29) is 11.3 Å². The molecule has 0 N–H and O–H groups in total. The number of carbonyl (C=O) groups is 1. The number of hydrogen-bond donors (Lipinski definition) is 0. The number of hydrogen-bond acceptors (Lipinski definition) is 3. The third-order valence-corrected chi connectivity index (χ3v) is 4.11. The molecule has 0 aromatic heterocycles. The lowest BCUT2D eigenvalue weighted by Gasteiger charge is -2.30. The normalized spacial score (nSPS) is 22.0. The van der Waals surface area contributed by atoms with E-state index in [1.807, 2.05) is 25.7 Å². The Hall–Kier alpha value is -0.0900. The highest BCUT2D eigenvalue weighted by Crippen LogP contribution is 2.32. The average molecular weight is 259 g/mol. The van der Waals surface area contributed by atoms with Crippen molar-refractivity contribution in [2.45, 2.75) is 47.1 Å². The molecule has 4 heteroatoms. The molecule has 1 aliphatic rings. The standard InChI is InChI=1S/C12H21NOS2/c1-8(2)6-9-7-16-11(15)13(9)10(14)12(3,4)5/h8-9H,6-7H2,1-5H3/t9-/m0/s1. The Balaban J connectivity index is 2.82. The molecular formula is C12H21NOS2. The van der Waals surface area contributed by atoms with Gasteiger partial charge in [0.05, 0.1) is 0 Å². The lowest BCUT2D eigenvalue weighted by atomic mass is 9.93. The second-order valence-electron chi connectivity index (χ2n) is 5.79. The minimum absolute atomic E-state index is 0.160. The molecule has 1 heterocycles. The largest absolute Gasteiger partial charge is 0.293 e. The summed E-state index contributed by atoms with van der Waals surface area (Å²) >= 11 is 6.92. The fourth-order valence-corrected chi connectivity index (χ4v) is 3.22. The van der Waals surface area contributed by atoms with Crippen molar-refractivity contribution in [3.05, 3.63) is 0 Å². The molecule has 0 aromatic rings. The van der Waals surface area contributed by atoms with E-state index in [1.54, 1.807) is 11.8 Å². The highest BCUT2D eigenvalue weighted by molar-refractivity contribution is 8.23. The third-order valence-electron chi connectivity index (χ3n) is 2.56. The predicted molar refractivity (Wildman–Crippen MR) is 74.6 cm³/mol. The smallest absolute Gasteiger partial charge is 0.233 e. The van der Waals surface area contributed by atoms with Crippen LogP contribution in [0.5, 0.6) is 0 Å². The Morgan fingerprint density at radius 3 is 2.56 bits per heavy atom. The van der Waals surface area contributed by atoms with Crippen molar-refractivity contribution >= 4 is 34.2 Å². The van der Waals surface area contributed by atoms with Gasteiger partial charge in [-0.25, -0.2) is 0 Å². The molecule has 92 valence electrons. The molecule has 1 atom stereocenters. The first-order chi connectivity index (χ1) is 7.23. The molecule has 0 bridgehead atoms. The van der Waals surface area contributed by atoms with Crippen LogP contribution in [0.4, 0.5) is 0 Å². The Labute approximate surface area is 108 Å². The maximum atomic E-state index is 12.3. The molecule has 0 radical (unpaired) electrons. The number of amides is 1. The maximum Gasteiger partial charge on any atom is 0.233 e. The first-order valence-electron chi connectivity index (χ1n) is 5.74. The van der Waals surface area contributed by atoms with Crippen LogP contribution in [0.2, 0.25) is 0 Å². The first kappa shape index (κ1) is 14.0. The molecule has 2 nitrogen and oxygen atoms in total. The minimum Gasteiger partial charge on any atom is -0.293 e. The number of thioether (sulfide) groups is 1. The van der Waals surface area contributed by atoms with Gasteiger partial charge in [0.2, 0.25) is 5.91 Å². The molecule has 16 heavy (non-hydrogen) atoms. The summed E-state index contributed by atoms with van der Waals surface area (Å²) in [4.78, 5) is 14.1. The first-order valence-corrected chi connectivity index (χ1v) is 7.13. The molecule has 1 amide bonds. The van der Waals surface area contributed by atoms with Gasteiger partial charge in [-0.1, -0.05) is 58.6 Å². The summed E-state index contributed by atoms with van der Waals surface area (Å²) < 4.78 is 0.755. The summed E-state index contributed by atoms with van der Waals surface area (Å²) in [7, 11) is 0. The summed E-state index contributed by atoms with van der Waals surface area (Å²) in [6.07, 6.45) is 1.04. The van der Waals surface area contributed by atoms with Gasteiger partial charge in [-0.05, 0) is 12.3 Å². The number of nitrogens with zero attached hydrogens (tertiary/aromatic N) is 1. The van der Waals surface area contributed by atoms with Crippen LogP contribution in [0.3, 0.4) is 0 Å². The predicted octanol–water partition coefficient (Wildman–Crippen LogP) is 3.31. The minimum atomic E-state index is -0.343. The Kier molecular flexibility index (Phi) is 4.41. The van der Waals surface area contributed by atoms with Crippen LogP contribution in [-0.2, 0) is 4.79 Å². The molecule has 1 saturated heterocycles. The van der Waals surface area contributed by atoms with Gasteiger partial charge in [0.15, 0.2) is 0 Å². The van der Waals surface area contributed by atoms with Gasteiger partial charge >= 0.3 is 0 Å². The van der Waals surface area contributed by atoms with Crippen molar-refractivity contribution in [3.63, 3.8) is 0 Å². The van der Waals surface area contributed by atoms with Crippen molar-refractivity contribution in [2.24, 2.45) is 11.3 Å². The molecule has 1 fully saturated rings. The SMILES string of the molecule is CC(C)C[C@H]1CSC(=S)N1C(=O)C(C)(C)C. The van der Waals surface area contributed by atoms with E-state index in [4.69, 9.17) is 12.2 Å². The van der Waals surface area contributed by atoms with E-state index in [1.165, 1.54) is 0 Å². The summed E-state index contributed by atoms with van der Waals surface area (Å²) in [6, 6.07) is 0.296. The van der Waals surface area contributed by atoms with Crippen LogP contribution < -0.4 is 0 Å². The highest BCUT2D eigenvalue weighted by atomic mass is 32.2. The monoisotopic (exact) mass is 259 g/mol. The molecule has 0 unspecified atom stereocenters. The second-order valence-corrected chi connectivity index (χ2v) is 7.44. The maximum absolute atomic E-state index is 12.3. The molecule has 0 aromatic carbocycles. The van der Waals surface area contributed by atoms with Gasteiger partial charge < -0.3 is 0 Å². The molecule has 0 saturated carbocycles. The highest BCUT2D eigenvalue weighted by Gasteiger charge is 2.38. The molecule has 0 aliphatic carbocycles. The summed E-state index contributed by atoms with van der Waals surface area (Å²) in [5.41, 5.74) is -0.343. The van der Waals surface area contributed by atoms with Crippen LogP contribution in [0.15, 0.2) is 0 Å². The topological polar surface area (TPSA) is 20.3 Å². The van der Waals surface area contributed by atoms with Crippen molar-refractivity contribution in [2.75, 3.05) is 5.75 Å². The Morgan fingerprint density at radius 1 is 1.56 bits per heavy atom. The number of thiocarbonyl (C=S) groups is 1.